The van der Waals surface area contributed by atoms with Crippen molar-refractivity contribution in [3.63, 3.8) is 0 Å². The first-order chi connectivity index (χ1) is 14.9. The van der Waals surface area contributed by atoms with E-state index < -0.39 is 0 Å². The van der Waals surface area contributed by atoms with E-state index in [9.17, 15) is 9.59 Å². The van der Waals surface area contributed by atoms with E-state index in [2.05, 4.69) is 9.88 Å². The second-order valence-corrected chi connectivity index (χ2v) is 8.01. The SMILES string of the molecule is CCOC(=O)CCC(=O)N1CCN(c2nc(C)nc(C)c2Cc2ccccc2Cl)CC1. The molecule has 1 saturated heterocycles. The Morgan fingerprint density at radius 1 is 1.06 bits per heavy atom. The molecule has 1 aromatic carbocycles. The molecule has 31 heavy (non-hydrogen) atoms. The molecule has 0 N–H and O–H groups in total. The average molecular weight is 445 g/mol. The number of esters is 1. The molecule has 0 bridgehead atoms. The van der Waals surface area contributed by atoms with Gasteiger partial charge in [0.05, 0.1) is 13.0 Å². The van der Waals surface area contributed by atoms with Crippen molar-refractivity contribution in [2.75, 3.05) is 37.7 Å². The van der Waals surface area contributed by atoms with Crippen LogP contribution in [0.4, 0.5) is 5.82 Å². The van der Waals surface area contributed by atoms with Crippen molar-refractivity contribution in [1.29, 1.82) is 0 Å². The number of carbonyl (C=O) groups excluding carboxylic acids is 2. The number of aryl methyl sites for hydroxylation is 2. The van der Waals surface area contributed by atoms with Gasteiger partial charge in [-0.2, -0.15) is 0 Å². The number of nitrogens with zero attached hydrogens (tertiary/aromatic N) is 4. The summed E-state index contributed by atoms with van der Waals surface area (Å²) in [6, 6.07) is 7.81. The largest absolute Gasteiger partial charge is 0.466 e. The second kappa shape index (κ2) is 10.6. The fraction of sp³-hybridized carbons (Fsp3) is 0.478. The summed E-state index contributed by atoms with van der Waals surface area (Å²) in [7, 11) is 0. The van der Waals surface area contributed by atoms with Gasteiger partial charge in [0.2, 0.25) is 5.91 Å². The van der Waals surface area contributed by atoms with E-state index in [0.717, 1.165) is 33.5 Å². The molecule has 1 aliphatic rings. The Balaban J connectivity index is 1.69. The van der Waals surface area contributed by atoms with E-state index in [1.54, 1.807) is 6.92 Å². The zero-order chi connectivity index (χ0) is 22.4. The Labute approximate surface area is 188 Å². The van der Waals surface area contributed by atoms with Crippen molar-refractivity contribution >= 4 is 29.3 Å². The quantitative estimate of drug-likeness (QED) is 0.610. The monoisotopic (exact) mass is 444 g/mol. The smallest absolute Gasteiger partial charge is 0.306 e. The van der Waals surface area contributed by atoms with Crippen LogP contribution in [0.3, 0.4) is 0 Å². The van der Waals surface area contributed by atoms with Gasteiger partial charge in [0.1, 0.15) is 11.6 Å². The predicted octanol–water partition coefficient (Wildman–Crippen LogP) is 3.33. The Bertz CT molecular complexity index is 942. The van der Waals surface area contributed by atoms with Crippen LogP contribution < -0.4 is 4.90 Å². The molecule has 0 radical (unpaired) electrons. The van der Waals surface area contributed by atoms with E-state index in [4.69, 9.17) is 21.3 Å². The number of anilines is 1. The highest BCUT2D eigenvalue weighted by atomic mass is 35.5. The highest BCUT2D eigenvalue weighted by Crippen LogP contribution is 2.27. The lowest BCUT2D eigenvalue weighted by molar-refractivity contribution is -0.145. The first-order valence-electron chi connectivity index (χ1n) is 10.6. The summed E-state index contributed by atoms with van der Waals surface area (Å²) in [5, 5.41) is 0.727. The summed E-state index contributed by atoms with van der Waals surface area (Å²) < 4.78 is 4.91. The molecule has 1 fully saturated rings. The maximum atomic E-state index is 12.5. The molecule has 2 heterocycles. The Kier molecular flexibility index (Phi) is 7.85. The molecule has 166 valence electrons. The van der Waals surface area contributed by atoms with E-state index in [-0.39, 0.29) is 24.7 Å². The number of hydrogen-bond donors (Lipinski definition) is 0. The lowest BCUT2D eigenvalue weighted by Crippen LogP contribution is -2.49. The zero-order valence-electron chi connectivity index (χ0n) is 18.4. The lowest BCUT2D eigenvalue weighted by Gasteiger charge is -2.36. The number of amides is 1. The minimum atomic E-state index is -0.328. The highest BCUT2D eigenvalue weighted by Gasteiger charge is 2.25. The molecule has 2 aromatic rings. The van der Waals surface area contributed by atoms with Crippen molar-refractivity contribution in [3.05, 3.63) is 51.9 Å². The van der Waals surface area contributed by atoms with Crippen molar-refractivity contribution in [2.45, 2.75) is 40.0 Å². The van der Waals surface area contributed by atoms with Crippen LogP contribution in [0.5, 0.6) is 0 Å². The summed E-state index contributed by atoms with van der Waals surface area (Å²) in [4.78, 5) is 37.3. The molecule has 0 spiro atoms. The summed E-state index contributed by atoms with van der Waals surface area (Å²) in [6.07, 6.45) is 0.960. The van der Waals surface area contributed by atoms with Crippen LogP contribution in [0.25, 0.3) is 0 Å². The van der Waals surface area contributed by atoms with Crippen LogP contribution in [0.2, 0.25) is 5.02 Å². The molecule has 1 amide bonds. The third kappa shape index (κ3) is 5.94. The summed E-state index contributed by atoms with van der Waals surface area (Å²) >= 11 is 6.39. The first-order valence-corrected chi connectivity index (χ1v) is 11.0. The summed E-state index contributed by atoms with van der Waals surface area (Å²) in [6.45, 7) is 8.53. The number of rotatable bonds is 7. The number of benzene rings is 1. The number of piperazine rings is 1. The molecular weight excluding hydrogens is 416 g/mol. The van der Waals surface area contributed by atoms with Crippen molar-refractivity contribution in [3.8, 4) is 0 Å². The fourth-order valence-electron chi connectivity index (χ4n) is 3.79. The van der Waals surface area contributed by atoms with Gasteiger partial charge in [0.15, 0.2) is 0 Å². The van der Waals surface area contributed by atoms with Gasteiger partial charge in [0.25, 0.3) is 0 Å². The van der Waals surface area contributed by atoms with Crippen LogP contribution in [0.15, 0.2) is 24.3 Å². The van der Waals surface area contributed by atoms with E-state index in [1.807, 2.05) is 43.0 Å². The molecule has 1 aliphatic heterocycles. The van der Waals surface area contributed by atoms with Gasteiger partial charge in [-0.3, -0.25) is 9.59 Å². The lowest BCUT2D eigenvalue weighted by atomic mass is 10.0. The minimum Gasteiger partial charge on any atom is -0.466 e. The number of carbonyl (C=O) groups is 2. The van der Waals surface area contributed by atoms with Crippen molar-refractivity contribution in [2.24, 2.45) is 0 Å². The first kappa shape index (κ1) is 23.0. The highest BCUT2D eigenvalue weighted by molar-refractivity contribution is 6.31. The minimum absolute atomic E-state index is 0.0148. The van der Waals surface area contributed by atoms with Crippen LogP contribution in [-0.4, -0.2) is 59.5 Å². The van der Waals surface area contributed by atoms with E-state index >= 15 is 0 Å². The predicted molar refractivity (Wildman–Crippen MR) is 120 cm³/mol. The standard InChI is InChI=1S/C23H29ClN4O3/c1-4-31-22(30)10-9-21(29)27-11-13-28(14-12-27)23-19(16(2)25-17(3)26-23)15-18-7-5-6-8-20(18)24/h5-8H,4,9-15H2,1-3H3. The van der Waals surface area contributed by atoms with Gasteiger partial charge in [-0.15, -0.1) is 0 Å². The Morgan fingerprint density at radius 2 is 1.77 bits per heavy atom. The van der Waals surface area contributed by atoms with E-state index in [0.29, 0.717) is 39.2 Å². The maximum Gasteiger partial charge on any atom is 0.306 e. The van der Waals surface area contributed by atoms with Crippen LogP contribution in [0, 0.1) is 13.8 Å². The molecule has 8 heteroatoms. The normalized spacial score (nSPS) is 13.9. The topological polar surface area (TPSA) is 75.6 Å². The average Bonchev–Trinajstić information content (AvgIpc) is 2.75. The Morgan fingerprint density at radius 3 is 2.45 bits per heavy atom. The maximum absolute atomic E-state index is 12.5. The van der Waals surface area contributed by atoms with Crippen molar-refractivity contribution < 1.29 is 14.3 Å². The Hall–Kier alpha value is -2.67. The number of ether oxygens (including phenoxy) is 1. The number of halogens is 1. The van der Waals surface area contributed by atoms with E-state index in [1.165, 1.54) is 0 Å². The molecule has 1 aromatic heterocycles. The van der Waals surface area contributed by atoms with Gasteiger partial charge in [-0.25, -0.2) is 9.97 Å². The van der Waals surface area contributed by atoms with Gasteiger partial charge in [0, 0.05) is 55.3 Å². The van der Waals surface area contributed by atoms with Gasteiger partial charge in [-0.05, 0) is 32.4 Å². The van der Waals surface area contributed by atoms with Gasteiger partial charge in [-0.1, -0.05) is 29.8 Å². The summed E-state index contributed by atoms with van der Waals surface area (Å²) in [5.74, 6) is 1.29. The molecule has 0 unspecified atom stereocenters. The number of hydrogen-bond acceptors (Lipinski definition) is 6. The third-order valence-corrected chi connectivity index (χ3v) is 5.78. The van der Waals surface area contributed by atoms with Crippen LogP contribution in [0.1, 0.15) is 42.4 Å². The second-order valence-electron chi connectivity index (χ2n) is 7.60. The number of aromatic nitrogens is 2. The molecular formula is C23H29ClN4O3. The van der Waals surface area contributed by atoms with Crippen molar-refractivity contribution in [1.82, 2.24) is 14.9 Å². The molecule has 0 saturated carbocycles. The molecule has 3 rings (SSSR count). The molecule has 0 atom stereocenters. The zero-order valence-corrected chi connectivity index (χ0v) is 19.1. The summed E-state index contributed by atoms with van der Waals surface area (Å²) in [5.41, 5.74) is 3.03. The fourth-order valence-corrected chi connectivity index (χ4v) is 3.99. The van der Waals surface area contributed by atoms with Gasteiger partial charge >= 0.3 is 5.97 Å². The van der Waals surface area contributed by atoms with Crippen LogP contribution >= 0.6 is 11.6 Å². The van der Waals surface area contributed by atoms with Gasteiger partial charge < -0.3 is 14.5 Å². The third-order valence-electron chi connectivity index (χ3n) is 5.41. The molecule has 7 nitrogen and oxygen atoms in total. The molecule has 0 aliphatic carbocycles. The van der Waals surface area contributed by atoms with Crippen LogP contribution in [-0.2, 0) is 20.7 Å².